The van der Waals surface area contributed by atoms with E-state index in [4.69, 9.17) is 9.47 Å². The van der Waals surface area contributed by atoms with Crippen LogP contribution in [0.25, 0.3) is 0 Å². The Balaban J connectivity index is 1.13. The lowest BCUT2D eigenvalue weighted by Crippen LogP contribution is -2.30. The van der Waals surface area contributed by atoms with Crippen molar-refractivity contribution in [3.63, 3.8) is 0 Å². The van der Waals surface area contributed by atoms with Crippen molar-refractivity contribution in [1.82, 2.24) is 19.9 Å². The molecule has 36 heavy (non-hydrogen) atoms. The number of carbonyl (C=O) groups is 1. The first-order chi connectivity index (χ1) is 17.4. The van der Waals surface area contributed by atoms with E-state index in [1.807, 2.05) is 13.0 Å². The molecule has 1 aliphatic heterocycles. The zero-order valence-corrected chi connectivity index (χ0v) is 21.0. The highest BCUT2D eigenvalue weighted by atomic mass is 19.3. The number of ketones is 1. The number of rotatable bonds is 11. The summed E-state index contributed by atoms with van der Waals surface area (Å²) in [5, 5.41) is 0. The van der Waals surface area contributed by atoms with Crippen LogP contribution in [0.1, 0.15) is 55.6 Å². The molecule has 196 valence electrons. The molecule has 2 aliphatic rings. The summed E-state index contributed by atoms with van der Waals surface area (Å²) in [4.78, 5) is 27.5. The van der Waals surface area contributed by atoms with Crippen LogP contribution >= 0.6 is 0 Å². The molecule has 0 bridgehead atoms. The summed E-state index contributed by atoms with van der Waals surface area (Å²) >= 11 is 0. The number of alkyl halides is 2. The fourth-order valence-corrected chi connectivity index (χ4v) is 5.15. The summed E-state index contributed by atoms with van der Waals surface area (Å²) in [5.41, 5.74) is 2.15. The number of hydrogen-bond donors (Lipinski definition) is 0. The standard InChI is InChI=1S/C27H36F2N4O3/c1-19-30-15-24(16-31-19)35-17-23(34)14-21-4-2-20(3-5-21)8-11-33-12-9-22-6-7-27(36-18-26(28)29)32-25(22)10-13-33/h6-7,15-16,20-21,26H,2-5,8-14,17-18H2,1H3. The molecule has 2 aromatic rings. The Morgan fingerprint density at radius 1 is 1.06 bits per heavy atom. The molecule has 0 spiro atoms. The average molecular weight is 503 g/mol. The number of fused-ring (bicyclic) bond motifs is 1. The zero-order valence-electron chi connectivity index (χ0n) is 21.0. The molecular formula is C27H36F2N4O3. The summed E-state index contributed by atoms with van der Waals surface area (Å²) < 4.78 is 35.4. The second kappa shape index (κ2) is 13.0. The Labute approximate surface area is 211 Å². The van der Waals surface area contributed by atoms with E-state index in [0.717, 1.165) is 51.0 Å². The van der Waals surface area contributed by atoms with Gasteiger partial charge in [-0.2, -0.15) is 0 Å². The SMILES string of the molecule is Cc1ncc(OCC(=O)CC2CCC(CCN3CCc4ccc(OCC(F)F)nc4CC3)CC2)cn1. The highest BCUT2D eigenvalue weighted by Crippen LogP contribution is 2.33. The maximum Gasteiger partial charge on any atom is 0.272 e. The van der Waals surface area contributed by atoms with Crippen molar-refractivity contribution >= 4 is 5.78 Å². The average Bonchev–Trinajstić information content (AvgIpc) is 3.08. The van der Waals surface area contributed by atoms with E-state index in [0.29, 0.717) is 29.8 Å². The van der Waals surface area contributed by atoms with E-state index in [2.05, 4.69) is 19.9 Å². The molecule has 1 aliphatic carbocycles. The van der Waals surface area contributed by atoms with Crippen LogP contribution in [0.4, 0.5) is 8.78 Å². The number of Topliss-reactive ketones (excluding diaryl/α,β-unsaturated/α-hetero) is 1. The van der Waals surface area contributed by atoms with Crippen LogP contribution in [-0.2, 0) is 17.6 Å². The van der Waals surface area contributed by atoms with Gasteiger partial charge in [0.2, 0.25) is 5.88 Å². The molecule has 0 unspecified atom stereocenters. The number of aryl methyl sites for hydroxylation is 1. The van der Waals surface area contributed by atoms with Crippen LogP contribution in [0.2, 0.25) is 0 Å². The fraction of sp³-hybridized carbons (Fsp3) is 0.630. The van der Waals surface area contributed by atoms with Crippen LogP contribution in [0.15, 0.2) is 24.5 Å². The molecule has 0 aromatic carbocycles. The van der Waals surface area contributed by atoms with Crippen molar-refractivity contribution < 1.29 is 23.0 Å². The van der Waals surface area contributed by atoms with Gasteiger partial charge >= 0.3 is 0 Å². The minimum atomic E-state index is -2.50. The first kappa shape index (κ1) is 26.4. The number of carbonyl (C=O) groups excluding carboxylic acids is 1. The minimum Gasteiger partial charge on any atom is -0.483 e. The molecule has 3 heterocycles. The first-order valence-corrected chi connectivity index (χ1v) is 13.0. The van der Waals surface area contributed by atoms with Crippen LogP contribution in [0, 0.1) is 18.8 Å². The highest BCUT2D eigenvalue weighted by molar-refractivity contribution is 5.80. The number of hydrogen-bond acceptors (Lipinski definition) is 7. The molecular weight excluding hydrogens is 466 g/mol. The second-order valence-corrected chi connectivity index (χ2v) is 9.97. The summed E-state index contributed by atoms with van der Waals surface area (Å²) in [6, 6.07) is 3.66. The number of pyridine rings is 1. The van der Waals surface area contributed by atoms with Gasteiger partial charge in [0.05, 0.1) is 12.4 Å². The lowest BCUT2D eigenvalue weighted by molar-refractivity contribution is -0.122. The molecule has 0 amide bonds. The molecule has 7 nitrogen and oxygen atoms in total. The quantitative estimate of drug-likeness (QED) is 0.449. The third-order valence-electron chi connectivity index (χ3n) is 7.26. The van der Waals surface area contributed by atoms with Gasteiger partial charge in [-0.15, -0.1) is 0 Å². The minimum absolute atomic E-state index is 0.0817. The summed E-state index contributed by atoms with van der Waals surface area (Å²) in [7, 11) is 0. The van der Waals surface area contributed by atoms with Gasteiger partial charge in [0.15, 0.2) is 18.1 Å². The predicted octanol–water partition coefficient (Wildman–Crippen LogP) is 4.46. The summed E-state index contributed by atoms with van der Waals surface area (Å²) in [6.07, 6.45) is 8.73. The maximum absolute atomic E-state index is 12.4. The Kier molecular flexibility index (Phi) is 9.55. The van der Waals surface area contributed by atoms with Crippen molar-refractivity contribution in [3.05, 3.63) is 41.6 Å². The Bertz CT molecular complexity index is 981. The normalized spacial score (nSPS) is 20.6. The molecule has 0 radical (unpaired) electrons. The third-order valence-corrected chi connectivity index (χ3v) is 7.26. The van der Waals surface area contributed by atoms with Crippen molar-refractivity contribution in [2.24, 2.45) is 11.8 Å². The number of ether oxygens (including phenoxy) is 2. The molecule has 1 fully saturated rings. The van der Waals surface area contributed by atoms with E-state index in [1.54, 1.807) is 18.5 Å². The van der Waals surface area contributed by atoms with E-state index in [1.165, 1.54) is 24.8 Å². The van der Waals surface area contributed by atoms with Gasteiger partial charge in [-0.05, 0) is 56.6 Å². The van der Waals surface area contributed by atoms with Crippen LogP contribution in [-0.4, -0.2) is 64.9 Å². The van der Waals surface area contributed by atoms with Gasteiger partial charge in [0.1, 0.15) is 12.4 Å². The highest BCUT2D eigenvalue weighted by Gasteiger charge is 2.24. The Hall–Kier alpha value is -2.68. The Morgan fingerprint density at radius 3 is 2.53 bits per heavy atom. The molecule has 0 atom stereocenters. The van der Waals surface area contributed by atoms with Gasteiger partial charge in [0.25, 0.3) is 6.43 Å². The van der Waals surface area contributed by atoms with Gasteiger partial charge in [0, 0.05) is 37.7 Å². The van der Waals surface area contributed by atoms with E-state index < -0.39 is 13.0 Å². The first-order valence-electron chi connectivity index (χ1n) is 13.0. The molecule has 4 rings (SSSR count). The van der Waals surface area contributed by atoms with Crippen molar-refractivity contribution in [2.75, 3.05) is 32.8 Å². The number of aromatic nitrogens is 3. The van der Waals surface area contributed by atoms with Crippen LogP contribution < -0.4 is 9.47 Å². The van der Waals surface area contributed by atoms with Gasteiger partial charge < -0.3 is 14.4 Å². The molecule has 2 aromatic heterocycles. The largest absolute Gasteiger partial charge is 0.483 e. The summed E-state index contributed by atoms with van der Waals surface area (Å²) in [6.45, 7) is 4.24. The smallest absolute Gasteiger partial charge is 0.272 e. The second-order valence-electron chi connectivity index (χ2n) is 9.97. The van der Waals surface area contributed by atoms with Crippen molar-refractivity contribution in [1.29, 1.82) is 0 Å². The monoisotopic (exact) mass is 502 g/mol. The van der Waals surface area contributed by atoms with Gasteiger partial charge in [-0.3, -0.25) is 4.79 Å². The Morgan fingerprint density at radius 2 is 1.78 bits per heavy atom. The molecule has 0 saturated heterocycles. The lowest BCUT2D eigenvalue weighted by Gasteiger charge is -2.30. The fourth-order valence-electron chi connectivity index (χ4n) is 5.15. The number of halogens is 2. The summed E-state index contributed by atoms with van der Waals surface area (Å²) in [5.74, 6) is 2.79. The van der Waals surface area contributed by atoms with E-state index in [9.17, 15) is 13.6 Å². The predicted molar refractivity (Wildman–Crippen MR) is 132 cm³/mol. The third kappa shape index (κ3) is 8.18. The molecule has 0 N–H and O–H groups in total. The van der Waals surface area contributed by atoms with E-state index >= 15 is 0 Å². The van der Waals surface area contributed by atoms with E-state index in [-0.39, 0.29) is 18.3 Å². The van der Waals surface area contributed by atoms with Crippen molar-refractivity contribution in [3.8, 4) is 11.6 Å². The zero-order chi connectivity index (χ0) is 25.3. The van der Waals surface area contributed by atoms with Crippen LogP contribution in [0.5, 0.6) is 11.6 Å². The van der Waals surface area contributed by atoms with Gasteiger partial charge in [-0.1, -0.05) is 18.9 Å². The number of nitrogens with zero attached hydrogens (tertiary/aromatic N) is 4. The maximum atomic E-state index is 12.4. The molecule has 1 saturated carbocycles. The van der Waals surface area contributed by atoms with Crippen LogP contribution in [0.3, 0.4) is 0 Å². The topological polar surface area (TPSA) is 77.4 Å². The van der Waals surface area contributed by atoms with Gasteiger partial charge in [-0.25, -0.2) is 23.7 Å². The van der Waals surface area contributed by atoms with Crippen molar-refractivity contribution in [2.45, 2.75) is 64.7 Å². The molecule has 9 heteroatoms. The lowest BCUT2D eigenvalue weighted by atomic mass is 9.78.